The van der Waals surface area contributed by atoms with Crippen molar-refractivity contribution in [1.82, 2.24) is 9.80 Å². The zero-order valence-corrected chi connectivity index (χ0v) is 10.1. The molecule has 1 aliphatic heterocycles. The van der Waals surface area contributed by atoms with Gasteiger partial charge in [0.05, 0.1) is 6.54 Å². The molecule has 1 aliphatic carbocycles. The van der Waals surface area contributed by atoms with Crippen LogP contribution in [-0.4, -0.2) is 59.1 Å². The molecule has 92 valence electrons. The van der Waals surface area contributed by atoms with E-state index in [4.69, 9.17) is 5.11 Å². The highest BCUT2D eigenvalue weighted by molar-refractivity contribution is 5.69. The molecule has 4 nitrogen and oxygen atoms in total. The van der Waals surface area contributed by atoms with Gasteiger partial charge in [0, 0.05) is 25.2 Å². The summed E-state index contributed by atoms with van der Waals surface area (Å²) in [6.07, 6.45) is 4.87. The number of aliphatic carboxylic acids is 1. The maximum atomic E-state index is 10.8. The summed E-state index contributed by atoms with van der Waals surface area (Å²) in [6, 6.07) is 1.29. The second kappa shape index (κ2) is 5.15. The van der Waals surface area contributed by atoms with E-state index in [0.29, 0.717) is 6.04 Å². The Labute approximate surface area is 97.2 Å². The van der Waals surface area contributed by atoms with Crippen LogP contribution >= 0.6 is 0 Å². The first-order chi connectivity index (χ1) is 7.70. The van der Waals surface area contributed by atoms with Gasteiger partial charge in [-0.25, -0.2) is 0 Å². The number of carboxylic acids is 1. The third-order valence-corrected chi connectivity index (χ3v) is 3.62. The van der Waals surface area contributed by atoms with Gasteiger partial charge in [0.25, 0.3) is 0 Å². The second-order valence-electron chi connectivity index (χ2n) is 5.03. The predicted molar refractivity (Wildman–Crippen MR) is 62.5 cm³/mol. The Morgan fingerprint density at radius 3 is 2.75 bits per heavy atom. The molecule has 0 spiro atoms. The molecule has 0 aromatic heterocycles. The Hall–Kier alpha value is -0.610. The van der Waals surface area contributed by atoms with Crippen LogP contribution in [-0.2, 0) is 4.79 Å². The summed E-state index contributed by atoms with van der Waals surface area (Å²) in [4.78, 5) is 15.5. The minimum Gasteiger partial charge on any atom is -0.480 e. The molecule has 1 N–H and O–H groups in total. The molecule has 1 saturated carbocycles. The Kier molecular flexibility index (Phi) is 3.82. The number of carboxylic acid groups (broad SMARTS) is 1. The van der Waals surface area contributed by atoms with Gasteiger partial charge in [-0.3, -0.25) is 14.6 Å². The fourth-order valence-corrected chi connectivity index (χ4v) is 2.69. The Balaban J connectivity index is 1.84. The van der Waals surface area contributed by atoms with Crippen molar-refractivity contribution in [2.24, 2.45) is 0 Å². The van der Waals surface area contributed by atoms with Gasteiger partial charge in [0.15, 0.2) is 0 Å². The number of likely N-dealkylation sites (tertiary alicyclic amines) is 1. The fourth-order valence-electron chi connectivity index (χ4n) is 2.69. The largest absolute Gasteiger partial charge is 0.480 e. The van der Waals surface area contributed by atoms with Crippen LogP contribution in [0.25, 0.3) is 0 Å². The zero-order chi connectivity index (χ0) is 11.5. The van der Waals surface area contributed by atoms with Crippen molar-refractivity contribution in [2.75, 3.05) is 26.2 Å². The van der Waals surface area contributed by atoms with E-state index >= 15 is 0 Å². The van der Waals surface area contributed by atoms with Crippen LogP contribution in [0.4, 0.5) is 0 Å². The van der Waals surface area contributed by atoms with E-state index in [1.165, 1.54) is 12.8 Å². The zero-order valence-electron chi connectivity index (χ0n) is 10.1. The lowest BCUT2D eigenvalue weighted by atomic mass is 10.2. The molecule has 1 atom stereocenters. The first-order valence-electron chi connectivity index (χ1n) is 6.40. The number of hydrogen-bond donors (Lipinski definition) is 1. The summed E-state index contributed by atoms with van der Waals surface area (Å²) < 4.78 is 0. The Bertz CT molecular complexity index is 253. The maximum absolute atomic E-state index is 10.8. The van der Waals surface area contributed by atoms with Gasteiger partial charge < -0.3 is 5.11 Å². The van der Waals surface area contributed by atoms with Gasteiger partial charge in [-0.05, 0) is 32.2 Å². The molecule has 0 radical (unpaired) electrons. The van der Waals surface area contributed by atoms with Crippen LogP contribution in [0.2, 0.25) is 0 Å². The van der Waals surface area contributed by atoms with Gasteiger partial charge in [-0.2, -0.15) is 0 Å². The van der Waals surface area contributed by atoms with Crippen molar-refractivity contribution in [3.05, 3.63) is 0 Å². The van der Waals surface area contributed by atoms with E-state index < -0.39 is 5.97 Å². The third kappa shape index (κ3) is 2.95. The van der Waals surface area contributed by atoms with E-state index in [1.54, 1.807) is 0 Å². The minimum atomic E-state index is -0.696. The van der Waals surface area contributed by atoms with E-state index in [2.05, 4.69) is 16.7 Å². The molecular weight excluding hydrogens is 204 g/mol. The number of rotatable bonds is 6. The SMILES string of the molecule is CCCN(CC(=O)O)C1CCN(C2CC2)C1. The maximum Gasteiger partial charge on any atom is 0.317 e. The summed E-state index contributed by atoms with van der Waals surface area (Å²) >= 11 is 0. The lowest BCUT2D eigenvalue weighted by Gasteiger charge is -2.27. The molecule has 2 fully saturated rings. The Morgan fingerprint density at radius 2 is 2.19 bits per heavy atom. The van der Waals surface area contributed by atoms with Crippen LogP contribution in [0, 0.1) is 0 Å². The van der Waals surface area contributed by atoms with Crippen LogP contribution in [0.3, 0.4) is 0 Å². The third-order valence-electron chi connectivity index (χ3n) is 3.62. The number of nitrogens with zero attached hydrogens (tertiary/aromatic N) is 2. The van der Waals surface area contributed by atoms with Crippen LogP contribution in [0.1, 0.15) is 32.6 Å². The first-order valence-corrected chi connectivity index (χ1v) is 6.40. The Morgan fingerprint density at radius 1 is 1.44 bits per heavy atom. The molecule has 0 aromatic carbocycles. The van der Waals surface area contributed by atoms with Crippen molar-refractivity contribution in [3.8, 4) is 0 Å². The highest BCUT2D eigenvalue weighted by Crippen LogP contribution is 2.31. The molecule has 16 heavy (non-hydrogen) atoms. The standard InChI is InChI=1S/C12H22N2O2/c1-2-6-13(9-12(15)16)11-5-7-14(8-11)10-3-4-10/h10-11H,2-9H2,1H3,(H,15,16). The van der Waals surface area contributed by atoms with E-state index in [1.807, 2.05) is 0 Å². The summed E-state index contributed by atoms with van der Waals surface area (Å²) in [5.74, 6) is -0.696. The fraction of sp³-hybridized carbons (Fsp3) is 0.917. The molecule has 0 bridgehead atoms. The van der Waals surface area contributed by atoms with Gasteiger partial charge >= 0.3 is 5.97 Å². The van der Waals surface area contributed by atoms with Crippen molar-refractivity contribution in [2.45, 2.75) is 44.7 Å². The van der Waals surface area contributed by atoms with Crippen LogP contribution in [0.5, 0.6) is 0 Å². The number of hydrogen-bond acceptors (Lipinski definition) is 3. The monoisotopic (exact) mass is 226 g/mol. The minimum absolute atomic E-state index is 0.205. The van der Waals surface area contributed by atoms with E-state index in [0.717, 1.165) is 38.5 Å². The molecule has 1 heterocycles. The molecule has 0 amide bonds. The average Bonchev–Trinajstić information content (AvgIpc) is 2.96. The first kappa shape index (κ1) is 11.9. The van der Waals surface area contributed by atoms with E-state index in [-0.39, 0.29) is 6.54 Å². The predicted octanol–water partition coefficient (Wildman–Crippen LogP) is 1.02. The highest BCUT2D eigenvalue weighted by atomic mass is 16.4. The highest BCUT2D eigenvalue weighted by Gasteiger charge is 2.36. The lowest BCUT2D eigenvalue weighted by Crippen LogP contribution is -2.41. The molecule has 1 saturated heterocycles. The second-order valence-corrected chi connectivity index (χ2v) is 5.03. The lowest BCUT2D eigenvalue weighted by molar-refractivity contribution is -0.138. The number of carbonyl (C=O) groups is 1. The molecule has 0 aromatic rings. The van der Waals surface area contributed by atoms with Crippen molar-refractivity contribution in [1.29, 1.82) is 0 Å². The molecule has 2 rings (SSSR count). The normalized spacial score (nSPS) is 26.5. The van der Waals surface area contributed by atoms with Gasteiger partial charge in [-0.1, -0.05) is 6.92 Å². The van der Waals surface area contributed by atoms with Gasteiger partial charge in [-0.15, -0.1) is 0 Å². The summed E-state index contributed by atoms with van der Waals surface area (Å²) in [6.45, 7) is 5.47. The topological polar surface area (TPSA) is 43.8 Å². The summed E-state index contributed by atoms with van der Waals surface area (Å²) in [7, 11) is 0. The smallest absolute Gasteiger partial charge is 0.317 e. The quantitative estimate of drug-likeness (QED) is 0.734. The molecule has 2 aliphatic rings. The van der Waals surface area contributed by atoms with Gasteiger partial charge in [0.2, 0.25) is 0 Å². The molecule has 4 heteroatoms. The molecule has 1 unspecified atom stereocenters. The van der Waals surface area contributed by atoms with Crippen molar-refractivity contribution in [3.63, 3.8) is 0 Å². The average molecular weight is 226 g/mol. The van der Waals surface area contributed by atoms with Gasteiger partial charge in [0.1, 0.15) is 0 Å². The molecular formula is C12H22N2O2. The summed E-state index contributed by atoms with van der Waals surface area (Å²) in [5.41, 5.74) is 0. The van der Waals surface area contributed by atoms with Crippen molar-refractivity contribution >= 4 is 5.97 Å². The summed E-state index contributed by atoms with van der Waals surface area (Å²) in [5, 5.41) is 8.90. The van der Waals surface area contributed by atoms with Crippen LogP contribution < -0.4 is 0 Å². The van der Waals surface area contributed by atoms with E-state index in [9.17, 15) is 4.79 Å². The van der Waals surface area contributed by atoms with Crippen molar-refractivity contribution < 1.29 is 9.90 Å². The van der Waals surface area contributed by atoms with Crippen LogP contribution in [0.15, 0.2) is 0 Å².